The molecule has 5 heteroatoms. The predicted octanol–water partition coefficient (Wildman–Crippen LogP) is 2.08. The minimum atomic E-state index is -1.10. The first-order valence-electron chi connectivity index (χ1n) is 5.31. The lowest BCUT2D eigenvalue weighted by molar-refractivity contribution is 0.0361. The molecule has 1 N–H and O–H groups in total. The number of aromatic nitrogens is 1. The predicted molar refractivity (Wildman–Crippen MR) is 65.8 cm³/mol. The molecule has 4 nitrogen and oxygen atoms in total. The summed E-state index contributed by atoms with van der Waals surface area (Å²) >= 11 is 0. The quantitative estimate of drug-likeness (QED) is 0.485. The Morgan fingerprint density at radius 3 is 2.81 bits per heavy atom. The van der Waals surface area contributed by atoms with E-state index in [-0.39, 0.29) is 5.91 Å². The molecule has 1 heterocycles. The average Bonchev–Trinajstić information content (AvgIpc) is 2.24. The number of hydroxylamine groups is 1. The first-order valence-corrected chi connectivity index (χ1v) is 9.02. The highest BCUT2D eigenvalue weighted by Crippen LogP contribution is 2.06. The van der Waals surface area contributed by atoms with Gasteiger partial charge < -0.3 is 0 Å². The van der Waals surface area contributed by atoms with Crippen LogP contribution in [0, 0.1) is 0 Å². The average molecular weight is 238 g/mol. The van der Waals surface area contributed by atoms with Crippen LogP contribution in [0.5, 0.6) is 0 Å². The Labute approximate surface area is 97.0 Å². The number of hydrogen-bond acceptors (Lipinski definition) is 3. The van der Waals surface area contributed by atoms with E-state index in [0.717, 1.165) is 6.04 Å². The van der Waals surface area contributed by atoms with Gasteiger partial charge in [0.05, 0.1) is 12.2 Å². The van der Waals surface area contributed by atoms with Crippen LogP contribution >= 0.6 is 0 Å². The van der Waals surface area contributed by atoms with Crippen LogP contribution in [0.2, 0.25) is 25.7 Å². The number of carbonyl (C=O) groups excluding carboxylic acids is 1. The van der Waals surface area contributed by atoms with Gasteiger partial charge in [-0.1, -0.05) is 19.6 Å². The number of amides is 1. The Hall–Kier alpha value is -1.20. The zero-order valence-electron chi connectivity index (χ0n) is 9.99. The molecule has 0 atom stereocenters. The van der Waals surface area contributed by atoms with Gasteiger partial charge in [0.2, 0.25) is 0 Å². The van der Waals surface area contributed by atoms with Crippen molar-refractivity contribution in [2.24, 2.45) is 0 Å². The van der Waals surface area contributed by atoms with E-state index in [1.54, 1.807) is 18.3 Å². The molecule has 88 valence electrons. The Balaban J connectivity index is 2.27. The van der Waals surface area contributed by atoms with E-state index in [2.05, 4.69) is 30.1 Å². The van der Waals surface area contributed by atoms with Crippen LogP contribution < -0.4 is 5.48 Å². The summed E-state index contributed by atoms with van der Waals surface area (Å²) in [5.74, 6) is -0.247. The third kappa shape index (κ3) is 5.04. The molecule has 0 aliphatic heterocycles. The van der Waals surface area contributed by atoms with E-state index in [0.29, 0.717) is 12.2 Å². The summed E-state index contributed by atoms with van der Waals surface area (Å²) in [6.07, 6.45) is 3.14. The van der Waals surface area contributed by atoms with E-state index in [9.17, 15) is 4.79 Å². The topological polar surface area (TPSA) is 51.2 Å². The molecule has 0 aromatic carbocycles. The molecule has 0 bridgehead atoms. The van der Waals surface area contributed by atoms with Gasteiger partial charge in [0, 0.05) is 20.5 Å². The van der Waals surface area contributed by atoms with Crippen LogP contribution in [0.15, 0.2) is 24.5 Å². The largest absolute Gasteiger partial charge is 0.276 e. The van der Waals surface area contributed by atoms with Gasteiger partial charge >= 0.3 is 0 Å². The third-order valence-electron chi connectivity index (χ3n) is 2.04. The van der Waals surface area contributed by atoms with Gasteiger partial charge in [-0.15, -0.1) is 0 Å². The monoisotopic (exact) mass is 238 g/mol. The van der Waals surface area contributed by atoms with Crippen molar-refractivity contribution in [3.63, 3.8) is 0 Å². The molecule has 0 aliphatic carbocycles. The highest BCUT2D eigenvalue weighted by atomic mass is 28.3. The van der Waals surface area contributed by atoms with Crippen LogP contribution in [0.3, 0.4) is 0 Å². The fourth-order valence-electron chi connectivity index (χ4n) is 1.03. The van der Waals surface area contributed by atoms with Crippen LogP contribution in [-0.4, -0.2) is 25.6 Å². The number of carbonyl (C=O) groups is 1. The maximum atomic E-state index is 11.5. The van der Waals surface area contributed by atoms with Crippen molar-refractivity contribution in [2.45, 2.75) is 25.7 Å². The summed E-state index contributed by atoms with van der Waals surface area (Å²) in [6.45, 7) is 7.36. The molecule has 0 spiro atoms. The maximum absolute atomic E-state index is 11.5. The van der Waals surface area contributed by atoms with Gasteiger partial charge in [-0.3, -0.25) is 14.6 Å². The molecule has 16 heavy (non-hydrogen) atoms. The maximum Gasteiger partial charge on any atom is 0.276 e. The van der Waals surface area contributed by atoms with E-state index in [1.807, 2.05) is 0 Å². The second kappa shape index (κ2) is 5.76. The molecular formula is C11H18N2O2Si. The number of pyridine rings is 1. The second-order valence-corrected chi connectivity index (χ2v) is 10.5. The van der Waals surface area contributed by atoms with Crippen molar-refractivity contribution >= 4 is 14.0 Å². The van der Waals surface area contributed by atoms with Crippen molar-refractivity contribution in [2.75, 3.05) is 6.61 Å². The Kier molecular flexibility index (Phi) is 4.64. The van der Waals surface area contributed by atoms with Crippen molar-refractivity contribution in [1.82, 2.24) is 10.5 Å². The first kappa shape index (κ1) is 12.9. The summed E-state index contributed by atoms with van der Waals surface area (Å²) in [6, 6.07) is 4.45. The zero-order chi connectivity index (χ0) is 12.0. The van der Waals surface area contributed by atoms with Crippen LogP contribution in [0.4, 0.5) is 0 Å². The molecule has 0 fully saturated rings. The summed E-state index contributed by atoms with van der Waals surface area (Å²) < 4.78 is 0. The third-order valence-corrected chi connectivity index (χ3v) is 3.75. The standard InChI is InChI=1S/C11H18N2O2Si/c1-16(2,3)8-7-15-13-11(14)10-5-4-6-12-9-10/h4-6,9H,7-8H2,1-3H3,(H,13,14). The SMILES string of the molecule is C[Si](C)(C)CCONC(=O)c1cccnc1. The Bertz CT molecular complexity index is 336. The van der Waals surface area contributed by atoms with Gasteiger partial charge in [-0.05, 0) is 18.2 Å². The molecule has 0 unspecified atom stereocenters. The lowest BCUT2D eigenvalue weighted by atomic mass is 10.3. The molecule has 0 saturated carbocycles. The van der Waals surface area contributed by atoms with E-state index < -0.39 is 8.07 Å². The minimum Gasteiger partial charge on any atom is -0.274 e. The van der Waals surface area contributed by atoms with Crippen LogP contribution in [0.1, 0.15) is 10.4 Å². The van der Waals surface area contributed by atoms with Crippen molar-refractivity contribution in [3.05, 3.63) is 30.1 Å². The normalized spacial score (nSPS) is 11.2. The van der Waals surface area contributed by atoms with Gasteiger partial charge in [0.15, 0.2) is 0 Å². The molecule has 0 saturated heterocycles. The Morgan fingerprint density at radius 2 is 2.25 bits per heavy atom. The molecular weight excluding hydrogens is 220 g/mol. The molecule has 1 amide bonds. The summed E-state index contributed by atoms with van der Waals surface area (Å²) in [5.41, 5.74) is 2.92. The van der Waals surface area contributed by atoms with E-state index >= 15 is 0 Å². The molecule has 0 radical (unpaired) electrons. The van der Waals surface area contributed by atoms with Crippen molar-refractivity contribution < 1.29 is 9.63 Å². The van der Waals surface area contributed by atoms with E-state index in [4.69, 9.17) is 4.84 Å². The molecule has 0 aliphatic rings. The highest BCUT2D eigenvalue weighted by molar-refractivity contribution is 6.76. The van der Waals surface area contributed by atoms with E-state index in [1.165, 1.54) is 6.20 Å². The zero-order valence-corrected chi connectivity index (χ0v) is 11.0. The molecule has 1 rings (SSSR count). The Morgan fingerprint density at radius 1 is 1.50 bits per heavy atom. The number of nitrogens with one attached hydrogen (secondary N) is 1. The highest BCUT2D eigenvalue weighted by Gasteiger charge is 2.12. The summed E-state index contributed by atoms with van der Waals surface area (Å²) in [7, 11) is -1.10. The van der Waals surface area contributed by atoms with Crippen LogP contribution in [-0.2, 0) is 4.84 Å². The number of nitrogens with zero attached hydrogens (tertiary/aromatic N) is 1. The fourth-order valence-corrected chi connectivity index (χ4v) is 1.74. The first-order chi connectivity index (χ1) is 7.49. The smallest absolute Gasteiger partial charge is 0.274 e. The lowest BCUT2D eigenvalue weighted by Crippen LogP contribution is -2.28. The van der Waals surface area contributed by atoms with Gasteiger partial charge in [0.25, 0.3) is 5.91 Å². The number of rotatable bonds is 5. The van der Waals surface area contributed by atoms with Gasteiger partial charge in [-0.25, -0.2) is 5.48 Å². The minimum absolute atomic E-state index is 0.247. The number of hydrogen-bond donors (Lipinski definition) is 1. The second-order valence-electron chi connectivity index (χ2n) is 4.83. The fraction of sp³-hybridized carbons (Fsp3) is 0.455. The lowest BCUT2D eigenvalue weighted by Gasteiger charge is -2.15. The van der Waals surface area contributed by atoms with Gasteiger partial charge in [-0.2, -0.15) is 0 Å². The van der Waals surface area contributed by atoms with Gasteiger partial charge in [0.1, 0.15) is 0 Å². The van der Waals surface area contributed by atoms with Crippen LogP contribution in [0.25, 0.3) is 0 Å². The summed E-state index contributed by atoms with van der Waals surface area (Å²) in [4.78, 5) is 20.5. The summed E-state index contributed by atoms with van der Waals surface area (Å²) in [5, 5.41) is 0. The van der Waals surface area contributed by atoms with Crippen molar-refractivity contribution in [3.8, 4) is 0 Å². The van der Waals surface area contributed by atoms with Crippen molar-refractivity contribution in [1.29, 1.82) is 0 Å². The molecule has 1 aromatic rings. The molecule has 1 aromatic heterocycles.